The highest BCUT2D eigenvalue weighted by Gasteiger charge is 2.49. The minimum Gasteiger partial charge on any atom is -0.497 e. The third-order valence-electron chi connectivity index (χ3n) is 4.55. The van der Waals surface area contributed by atoms with E-state index in [9.17, 15) is 4.79 Å². The summed E-state index contributed by atoms with van der Waals surface area (Å²) in [4.78, 5) is 14.4. The predicted molar refractivity (Wildman–Crippen MR) is 91.8 cm³/mol. The summed E-state index contributed by atoms with van der Waals surface area (Å²) in [5.74, 6) is 1.43. The van der Waals surface area contributed by atoms with E-state index in [0.29, 0.717) is 17.2 Å². The van der Waals surface area contributed by atoms with Crippen LogP contribution in [0.5, 0.6) is 11.5 Å². The fourth-order valence-corrected chi connectivity index (χ4v) is 3.67. The first-order valence-electron chi connectivity index (χ1n) is 7.73. The van der Waals surface area contributed by atoms with Crippen LogP contribution in [0.15, 0.2) is 42.5 Å². The molecule has 24 heavy (non-hydrogen) atoms. The second-order valence-electron chi connectivity index (χ2n) is 6.20. The van der Waals surface area contributed by atoms with Crippen LogP contribution in [-0.4, -0.2) is 18.9 Å². The molecule has 0 unspecified atom stereocenters. The van der Waals surface area contributed by atoms with Gasteiger partial charge in [-0.15, -0.1) is 0 Å². The number of urea groups is 1. The average molecular weight is 345 g/mol. The van der Waals surface area contributed by atoms with Crippen LogP contribution in [0.4, 0.5) is 10.5 Å². The van der Waals surface area contributed by atoms with Crippen molar-refractivity contribution in [2.45, 2.75) is 25.1 Å². The number of anilines is 1. The van der Waals surface area contributed by atoms with Gasteiger partial charge in [-0.25, -0.2) is 4.79 Å². The normalized spacial score (nSPS) is 24.7. The van der Waals surface area contributed by atoms with Gasteiger partial charge in [0.25, 0.3) is 0 Å². The zero-order chi connectivity index (χ0) is 16.9. The number of benzene rings is 2. The van der Waals surface area contributed by atoms with Crippen LogP contribution in [0.1, 0.15) is 24.9 Å². The number of carbonyl (C=O) groups excluding carboxylic acids is 1. The SMILES string of the molecule is COc1cccc(N2C(=O)N[C@H]3C[C@@]2(C)Oc2ccc(Cl)cc23)c1. The minimum atomic E-state index is -0.778. The molecule has 124 valence electrons. The van der Waals surface area contributed by atoms with Crippen LogP contribution in [0.25, 0.3) is 0 Å². The lowest BCUT2D eigenvalue weighted by Crippen LogP contribution is -2.65. The van der Waals surface area contributed by atoms with Gasteiger partial charge in [-0.1, -0.05) is 17.7 Å². The molecule has 5 nitrogen and oxygen atoms in total. The first kappa shape index (κ1) is 15.1. The van der Waals surface area contributed by atoms with Crippen molar-refractivity contribution in [2.75, 3.05) is 12.0 Å². The van der Waals surface area contributed by atoms with E-state index in [1.807, 2.05) is 43.3 Å². The molecule has 2 aromatic carbocycles. The van der Waals surface area contributed by atoms with Crippen molar-refractivity contribution < 1.29 is 14.3 Å². The Morgan fingerprint density at radius 3 is 2.96 bits per heavy atom. The summed E-state index contributed by atoms with van der Waals surface area (Å²) < 4.78 is 11.5. The highest BCUT2D eigenvalue weighted by Crippen LogP contribution is 2.46. The van der Waals surface area contributed by atoms with Crippen molar-refractivity contribution in [3.8, 4) is 11.5 Å². The number of nitrogens with one attached hydrogen (secondary N) is 1. The zero-order valence-corrected chi connectivity index (χ0v) is 14.1. The van der Waals surface area contributed by atoms with E-state index in [0.717, 1.165) is 17.0 Å². The molecule has 0 spiro atoms. The van der Waals surface area contributed by atoms with Gasteiger partial charge in [0.05, 0.1) is 18.8 Å². The van der Waals surface area contributed by atoms with Crippen LogP contribution >= 0.6 is 11.6 Å². The molecule has 2 atom stereocenters. The molecule has 2 aromatic rings. The number of fused-ring (bicyclic) bond motifs is 4. The molecule has 2 aliphatic heterocycles. The fourth-order valence-electron chi connectivity index (χ4n) is 3.49. The number of amides is 2. The molecule has 2 aliphatic rings. The number of hydrogen-bond acceptors (Lipinski definition) is 3. The quantitative estimate of drug-likeness (QED) is 0.891. The molecule has 2 amide bonds. The highest BCUT2D eigenvalue weighted by molar-refractivity contribution is 6.30. The summed E-state index contributed by atoms with van der Waals surface area (Å²) in [6.07, 6.45) is 0.628. The number of carbonyl (C=O) groups is 1. The Hall–Kier alpha value is -2.40. The summed E-state index contributed by atoms with van der Waals surface area (Å²) in [7, 11) is 1.60. The topological polar surface area (TPSA) is 50.8 Å². The largest absolute Gasteiger partial charge is 0.497 e. The van der Waals surface area contributed by atoms with Crippen LogP contribution in [0, 0.1) is 0 Å². The molecule has 2 heterocycles. The van der Waals surface area contributed by atoms with Crippen LogP contribution in [0.2, 0.25) is 5.02 Å². The molecule has 0 aromatic heterocycles. The lowest BCUT2D eigenvalue weighted by atomic mass is 9.90. The maximum absolute atomic E-state index is 12.8. The van der Waals surface area contributed by atoms with Crippen molar-refractivity contribution >= 4 is 23.3 Å². The summed E-state index contributed by atoms with van der Waals surface area (Å²) in [6, 6.07) is 12.6. The van der Waals surface area contributed by atoms with Gasteiger partial charge >= 0.3 is 6.03 Å². The Morgan fingerprint density at radius 2 is 2.17 bits per heavy atom. The lowest BCUT2D eigenvalue weighted by molar-refractivity contribution is 0.0378. The third kappa shape index (κ3) is 2.27. The monoisotopic (exact) mass is 344 g/mol. The molecule has 2 bridgehead atoms. The van der Waals surface area contributed by atoms with Gasteiger partial charge in [-0.05, 0) is 37.3 Å². The summed E-state index contributed by atoms with van der Waals surface area (Å²) in [5.41, 5.74) is 0.865. The number of halogens is 1. The van der Waals surface area contributed by atoms with E-state index >= 15 is 0 Å². The number of hydrogen-bond donors (Lipinski definition) is 1. The zero-order valence-electron chi connectivity index (χ0n) is 13.4. The van der Waals surface area contributed by atoms with Crippen molar-refractivity contribution in [2.24, 2.45) is 0 Å². The summed E-state index contributed by atoms with van der Waals surface area (Å²) >= 11 is 6.09. The van der Waals surface area contributed by atoms with Crippen molar-refractivity contribution in [3.63, 3.8) is 0 Å². The van der Waals surface area contributed by atoms with Crippen molar-refractivity contribution in [1.29, 1.82) is 0 Å². The molecule has 0 saturated carbocycles. The highest BCUT2D eigenvalue weighted by atomic mass is 35.5. The maximum Gasteiger partial charge on any atom is 0.325 e. The van der Waals surface area contributed by atoms with Crippen molar-refractivity contribution in [1.82, 2.24) is 5.32 Å². The smallest absolute Gasteiger partial charge is 0.325 e. The van der Waals surface area contributed by atoms with Crippen LogP contribution in [0.3, 0.4) is 0 Å². The van der Waals surface area contributed by atoms with Gasteiger partial charge < -0.3 is 14.8 Å². The Bertz CT molecular complexity index is 826. The van der Waals surface area contributed by atoms with E-state index in [4.69, 9.17) is 21.1 Å². The van der Waals surface area contributed by atoms with Gasteiger partial charge in [-0.2, -0.15) is 0 Å². The second-order valence-corrected chi connectivity index (χ2v) is 6.64. The fraction of sp³-hybridized carbons (Fsp3) is 0.278. The van der Waals surface area contributed by atoms with Crippen molar-refractivity contribution in [3.05, 3.63) is 53.1 Å². The Morgan fingerprint density at radius 1 is 1.33 bits per heavy atom. The average Bonchev–Trinajstić information content (AvgIpc) is 2.55. The van der Waals surface area contributed by atoms with Gasteiger partial charge in [-0.3, -0.25) is 4.90 Å². The van der Waals surface area contributed by atoms with Gasteiger partial charge in [0, 0.05) is 23.1 Å². The minimum absolute atomic E-state index is 0.119. The van der Waals surface area contributed by atoms with E-state index < -0.39 is 5.72 Å². The standard InChI is InChI=1S/C18H17ClN2O3/c1-18-10-15(14-8-11(19)6-7-16(14)24-18)20-17(22)21(18)12-4-3-5-13(9-12)23-2/h3-9,15H,10H2,1-2H3,(H,20,22)/t15-,18+/m0/s1. The van der Waals surface area contributed by atoms with E-state index in [1.165, 1.54) is 0 Å². The van der Waals surface area contributed by atoms with Gasteiger partial charge in [0.15, 0.2) is 5.72 Å². The first-order chi connectivity index (χ1) is 11.5. The third-order valence-corrected chi connectivity index (χ3v) is 4.78. The summed E-state index contributed by atoms with van der Waals surface area (Å²) in [6.45, 7) is 1.93. The molecule has 1 saturated heterocycles. The number of ether oxygens (including phenoxy) is 2. The molecular formula is C18H17ClN2O3. The van der Waals surface area contributed by atoms with Gasteiger partial charge in [0.2, 0.25) is 0 Å². The van der Waals surface area contributed by atoms with E-state index in [1.54, 1.807) is 18.1 Å². The molecule has 0 aliphatic carbocycles. The van der Waals surface area contributed by atoms with Crippen LogP contribution < -0.4 is 19.7 Å². The Balaban J connectivity index is 1.79. The Labute approximate surface area is 145 Å². The van der Waals surface area contributed by atoms with E-state index in [2.05, 4.69) is 5.32 Å². The first-order valence-corrected chi connectivity index (χ1v) is 8.11. The lowest BCUT2D eigenvalue weighted by Gasteiger charge is -2.50. The number of rotatable bonds is 2. The van der Waals surface area contributed by atoms with Gasteiger partial charge in [0.1, 0.15) is 11.5 Å². The summed E-state index contributed by atoms with van der Waals surface area (Å²) in [5, 5.41) is 3.68. The Kier molecular flexibility index (Phi) is 3.35. The molecular weight excluding hydrogens is 328 g/mol. The maximum atomic E-state index is 12.8. The molecule has 0 radical (unpaired) electrons. The second kappa shape index (κ2) is 5.31. The number of methoxy groups -OCH3 is 1. The van der Waals surface area contributed by atoms with Crippen LogP contribution in [-0.2, 0) is 0 Å². The molecule has 1 fully saturated rings. The van der Waals surface area contributed by atoms with E-state index in [-0.39, 0.29) is 12.1 Å². The number of nitrogens with zero attached hydrogens (tertiary/aromatic N) is 1. The molecule has 1 N–H and O–H groups in total. The molecule has 6 heteroatoms. The predicted octanol–water partition coefficient (Wildman–Crippen LogP) is 4.12. The molecule has 4 rings (SSSR count).